The molecule has 2 saturated heterocycles. The summed E-state index contributed by atoms with van der Waals surface area (Å²) in [5.41, 5.74) is 7.98. The molecule has 1 unspecified atom stereocenters. The molecule has 3 aliphatic heterocycles. The van der Waals surface area contributed by atoms with Crippen LogP contribution in [-0.4, -0.2) is 107 Å². The van der Waals surface area contributed by atoms with Gasteiger partial charge in [-0.05, 0) is 59.9 Å². The maximum absolute atomic E-state index is 13.7. The Morgan fingerprint density at radius 3 is 2.49 bits per heavy atom. The molecule has 3 amide bonds. The molecule has 11 rings (SSSR count). The molecule has 4 aromatic carbocycles. The number of aromatic nitrogens is 3. The van der Waals surface area contributed by atoms with Crippen LogP contribution in [0.4, 0.5) is 10.9 Å². The first-order chi connectivity index (χ1) is 36.1. The summed E-state index contributed by atoms with van der Waals surface area (Å²) in [6.45, 7) is 8.90. The Labute approximate surface area is 444 Å². The Morgan fingerprint density at radius 2 is 1.66 bits per heavy atom. The number of carbonyl (C=O) groups is 4. The zero-order valence-corrected chi connectivity index (χ0v) is 44.5. The van der Waals surface area contributed by atoms with E-state index in [9.17, 15) is 24.3 Å². The molecule has 3 fully saturated rings. The normalized spacial score (nSPS) is 19.7. The average Bonchev–Trinajstić information content (AvgIpc) is 4.02. The first-order valence-corrected chi connectivity index (χ1v) is 29.5. The van der Waals surface area contributed by atoms with Gasteiger partial charge in [-0.25, -0.2) is 4.98 Å². The first kappa shape index (κ1) is 49.9. The monoisotopic (exact) mass is 1130 g/mol. The molecule has 0 bridgehead atoms. The van der Waals surface area contributed by atoms with Gasteiger partial charge in [0.05, 0.1) is 16.1 Å². The number of rotatable bonds is 16. The van der Waals surface area contributed by atoms with E-state index in [1.54, 1.807) is 0 Å². The number of carboxylic acids is 1. The van der Waals surface area contributed by atoms with Crippen molar-refractivity contribution in [1.82, 2.24) is 30.1 Å². The van der Waals surface area contributed by atoms with E-state index in [2.05, 4.69) is 36.4 Å². The second kappa shape index (κ2) is 22.3. The minimum atomic E-state index is -1.10. The maximum atomic E-state index is 13.7. The van der Waals surface area contributed by atoms with Gasteiger partial charge in [0.25, 0.3) is 5.91 Å². The van der Waals surface area contributed by atoms with Crippen LogP contribution in [0.5, 0.6) is 5.75 Å². The predicted molar refractivity (Wildman–Crippen MR) is 282 cm³/mol. The van der Waals surface area contributed by atoms with Crippen molar-refractivity contribution in [1.29, 1.82) is 0 Å². The topological polar surface area (TPSA) is 183 Å². The number of carboxylic acid groups (broad SMARTS) is 1. The van der Waals surface area contributed by atoms with E-state index < -0.39 is 5.97 Å². The number of anilines is 2. The zero-order valence-electron chi connectivity index (χ0n) is 41.5. The molecule has 6 heterocycles. The van der Waals surface area contributed by atoms with Crippen LogP contribution in [0.3, 0.4) is 0 Å². The third-order valence-electron chi connectivity index (χ3n) is 15.0. The van der Waals surface area contributed by atoms with Crippen LogP contribution in [0.2, 0.25) is 0 Å². The van der Waals surface area contributed by atoms with Crippen LogP contribution in [-0.2, 0) is 29.1 Å². The molecule has 4 aliphatic rings. The van der Waals surface area contributed by atoms with Crippen LogP contribution < -0.4 is 41.5 Å². The third-order valence-corrected chi connectivity index (χ3v) is 19.8. The van der Waals surface area contributed by atoms with Crippen LogP contribution in [0.25, 0.3) is 32.4 Å². The number of oxazole rings is 1. The van der Waals surface area contributed by atoms with Gasteiger partial charge in [-0.2, -0.15) is 0 Å². The molecule has 7 aromatic rings. The zero-order chi connectivity index (χ0) is 50.7. The minimum absolute atomic E-state index is 0.0121. The van der Waals surface area contributed by atoms with Crippen molar-refractivity contribution in [2.45, 2.75) is 93.7 Å². The second-order valence-corrected chi connectivity index (χ2v) is 24.6. The van der Waals surface area contributed by atoms with E-state index in [-0.39, 0.29) is 56.6 Å². The van der Waals surface area contributed by atoms with Gasteiger partial charge < -0.3 is 4.90 Å². The number of piperidine rings is 1. The molecule has 74 heavy (non-hydrogen) atoms. The van der Waals surface area contributed by atoms with Gasteiger partial charge in [0, 0.05) is 25.1 Å². The van der Waals surface area contributed by atoms with E-state index >= 15 is 0 Å². The molecule has 15 nitrogen and oxygen atoms in total. The Bertz CT molecular complexity index is 3200. The molecule has 1 atom stereocenters. The van der Waals surface area contributed by atoms with Gasteiger partial charge in [-0.3, -0.25) is 25.0 Å². The van der Waals surface area contributed by atoms with Crippen molar-refractivity contribution in [3.63, 3.8) is 0 Å². The van der Waals surface area contributed by atoms with Crippen LogP contribution in [0, 0.1) is 6.92 Å². The van der Waals surface area contributed by atoms with Crippen molar-refractivity contribution in [3.05, 3.63) is 130 Å². The SMILES string of the molecule is Cc1c(OC2CCC([I-]CCCCN3CCN(Cc4nc5cc(C6CCC(=O)NC6=O)ccc5o4)CC3)CC2)cccc1-c1ccc(N2CCc3cccc(C(=O)Nc4nc5ccccc5s4)c3C2)nc1C(=O)O. The number of aromatic carboxylic acids is 1. The number of benzene rings is 4. The summed E-state index contributed by atoms with van der Waals surface area (Å²) in [7, 11) is 0. The molecule has 384 valence electrons. The Balaban J connectivity index is 0.622. The van der Waals surface area contributed by atoms with Crippen molar-refractivity contribution in [3.8, 4) is 16.9 Å². The van der Waals surface area contributed by atoms with E-state index in [1.807, 2.05) is 91.9 Å². The number of alkyl halides is 2. The van der Waals surface area contributed by atoms with Gasteiger partial charge in [0.15, 0.2) is 5.13 Å². The number of fused-ring (bicyclic) bond motifs is 3. The number of piperazine rings is 1. The number of ether oxygens (including phenoxy) is 1. The van der Waals surface area contributed by atoms with Gasteiger partial charge in [0.1, 0.15) is 0 Å². The Morgan fingerprint density at radius 1 is 0.838 bits per heavy atom. The number of pyridine rings is 1. The van der Waals surface area contributed by atoms with Gasteiger partial charge >= 0.3 is 246 Å². The Kier molecular flexibility index (Phi) is 15.0. The molecule has 0 radical (unpaired) electrons. The number of nitrogens with zero attached hydrogens (tertiary/aromatic N) is 6. The molecule has 3 N–H and O–H groups in total. The fourth-order valence-corrected chi connectivity index (χ4v) is 15.2. The van der Waals surface area contributed by atoms with Crippen LogP contribution in [0.1, 0.15) is 106 Å². The van der Waals surface area contributed by atoms with E-state index in [0.717, 1.165) is 104 Å². The molecular weight excluding hydrogens is 1070 g/mol. The quantitative estimate of drug-likeness (QED) is 0.0430. The number of hydrogen-bond acceptors (Lipinski definition) is 13. The molecular formula is C57H60IN8O7S-. The summed E-state index contributed by atoms with van der Waals surface area (Å²) in [6.07, 6.45) is 8.68. The van der Waals surface area contributed by atoms with Crippen molar-refractivity contribution in [2.24, 2.45) is 0 Å². The Hall–Kier alpha value is -6.28. The summed E-state index contributed by atoms with van der Waals surface area (Å²) in [5.74, 6) is -0.0710. The molecule has 1 saturated carbocycles. The molecule has 1 aliphatic carbocycles. The fraction of sp³-hybridized carbons (Fsp3) is 0.386. The number of unbranched alkanes of at least 4 members (excludes halogenated alkanes) is 1. The third kappa shape index (κ3) is 11.2. The van der Waals surface area contributed by atoms with Crippen molar-refractivity contribution >= 4 is 67.3 Å². The number of para-hydroxylation sites is 1. The average molecular weight is 1130 g/mol. The summed E-state index contributed by atoms with van der Waals surface area (Å²) in [6, 6.07) is 29.0. The number of nitrogens with one attached hydrogen (secondary N) is 2. The fourth-order valence-electron chi connectivity index (χ4n) is 10.9. The summed E-state index contributed by atoms with van der Waals surface area (Å²) in [4.78, 5) is 71.7. The van der Waals surface area contributed by atoms with Crippen LogP contribution in [0.15, 0.2) is 95.4 Å². The number of thiazole rings is 1. The number of hydrogen-bond donors (Lipinski definition) is 3. The van der Waals surface area contributed by atoms with Gasteiger partial charge in [-0.15, -0.1) is 0 Å². The number of carbonyl (C=O) groups excluding carboxylic acids is 3. The van der Waals surface area contributed by atoms with Crippen molar-refractivity contribution < 1.29 is 54.6 Å². The van der Waals surface area contributed by atoms with Crippen molar-refractivity contribution in [2.75, 3.05) is 53.9 Å². The standard InChI is InChI=1S/C57H60IN8O7S/c1-35-40(42-19-22-50(61-53(42)56(70)71)66-27-24-36-8-6-10-43(44(36)33-66)55(69)63-57-60-45-11-2-3-13-49(45)74-57)9-7-12-47(35)72-39-17-15-38(16-18-39)58-25-4-5-26-64-28-30-65(31-29-64)34-52-59-46-32-37(14-21-48(46)73-52)41-20-23-51(67)62-54(41)68/h2-3,6-14,19,21-22,32,38-39,41H,4-5,15-18,20,23-31,33-34H2,1H3,(H,70,71)(H,60,63,69)(H,62,67,68)/q-1. The van der Waals surface area contributed by atoms with Gasteiger partial charge in [-0.1, -0.05) is 41.7 Å². The predicted octanol–water partition coefficient (Wildman–Crippen LogP) is 6.22. The number of halogens is 1. The van der Waals surface area contributed by atoms with E-state index in [1.165, 1.54) is 41.4 Å². The summed E-state index contributed by atoms with van der Waals surface area (Å²) < 4.78 is 16.0. The summed E-state index contributed by atoms with van der Waals surface area (Å²) in [5, 5.41) is 16.5. The molecule has 0 spiro atoms. The van der Waals surface area contributed by atoms with Gasteiger partial charge in [0.2, 0.25) is 11.8 Å². The second-order valence-electron chi connectivity index (χ2n) is 19.9. The molecule has 17 heteroatoms. The van der Waals surface area contributed by atoms with E-state index in [0.29, 0.717) is 66.9 Å². The molecule has 3 aromatic heterocycles. The first-order valence-electron chi connectivity index (χ1n) is 25.9. The number of amides is 3. The number of imide groups is 1. The summed E-state index contributed by atoms with van der Waals surface area (Å²) >= 11 is 1.57. The van der Waals surface area contributed by atoms with E-state index in [4.69, 9.17) is 19.1 Å². The van der Waals surface area contributed by atoms with Crippen LogP contribution >= 0.6 is 11.3 Å².